The van der Waals surface area contributed by atoms with Crippen LogP contribution >= 0.6 is 0 Å². The predicted octanol–water partition coefficient (Wildman–Crippen LogP) is 1.03. The number of rotatable bonds is 3. The Morgan fingerprint density at radius 2 is 2.23 bits per heavy atom. The summed E-state index contributed by atoms with van der Waals surface area (Å²) in [6, 6.07) is 0.0607. The quantitative estimate of drug-likeness (QED) is 0.612. The molecule has 2 rings (SSSR count). The summed E-state index contributed by atoms with van der Waals surface area (Å²) in [6.45, 7) is 2.19. The maximum atomic E-state index is 11.4. The van der Waals surface area contributed by atoms with E-state index in [0.29, 0.717) is 0 Å². The van der Waals surface area contributed by atoms with Crippen molar-refractivity contribution in [1.29, 1.82) is 0 Å². The number of nitrogens with zero attached hydrogens (tertiary/aromatic N) is 1. The average molecular weight is 183 g/mol. The summed E-state index contributed by atoms with van der Waals surface area (Å²) >= 11 is 0. The Morgan fingerprint density at radius 3 is 2.85 bits per heavy atom. The molecule has 0 radical (unpaired) electrons. The molecular weight excluding hydrogens is 166 g/mol. The van der Waals surface area contributed by atoms with Crippen molar-refractivity contribution < 1.29 is 9.53 Å². The molecule has 3 nitrogen and oxygen atoms in total. The first-order chi connectivity index (χ1) is 6.31. The topological polar surface area (TPSA) is 29.5 Å². The number of carbonyl (C=O) groups is 1. The van der Waals surface area contributed by atoms with E-state index in [9.17, 15) is 4.79 Å². The summed E-state index contributed by atoms with van der Waals surface area (Å²) in [5.74, 6) is 0.823. The molecule has 0 aromatic rings. The molecule has 0 spiro atoms. The maximum absolute atomic E-state index is 11.4. The Balaban J connectivity index is 1.88. The standard InChI is InChI=1S/C10H17NO2/c1-13-10(12)9-3-2-6-11(9)7-8-4-5-8/h8-9H,2-7H2,1H3. The van der Waals surface area contributed by atoms with Gasteiger partial charge in [-0.2, -0.15) is 0 Å². The molecule has 1 unspecified atom stereocenters. The summed E-state index contributed by atoms with van der Waals surface area (Å²) in [5, 5.41) is 0. The summed E-state index contributed by atoms with van der Waals surface area (Å²) in [5.41, 5.74) is 0. The van der Waals surface area contributed by atoms with Gasteiger partial charge in [-0.05, 0) is 38.1 Å². The molecule has 0 aromatic carbocycles. The molecule has 0 N–H and O–H groups in total. The summed E-state index contributed by atoms with van der Waals surface area (Å²) < 4.78 is 4.79. The molecule has 3 heteroatoms. The Labute approximate surface area is 79.0 Å². The number of likely N-dealkylation sites (tertiary alicyclic amines) is 1. The lowest BCUT2D eigenvalue weighted by Gasteiger charge is -2.21. The molecule has 1 aliphatic heterocycles. The van der Waals surface area contributed by atoms with Crippen LogP contribution in [0, 0.1) is 5.92 Å². The number of carbonyl (C=O) groups excluding carboxylic acids is 1. The molecule has 0 bridgehead atoms. The summed E-state index contributed by atoms with van der Waals surface area (Å²) in [6.07, 6.45) is 4.83. The molecule has 13 heavy (non-hydrogen) atoms. The van der Waals surface area contributed by atoms with Crippen molar-refractivity contribution in [2.45, 2.75) is 31.7 Å². The molecule has 2 fully saturated rings. The molecule has 1 heterocycles. The number of esters is 1. The van der Waals surface area contributed by atoms with E-state index in [-0.39, 0.29) is 12.0 Å². The van der Waals surface area contributed by atoms with Crippen LogP contribution in [-0.4, -0.2) is 37.1 Å². The highest BCUT2D eigenvalue weighted by molar-refractivity contribution is 5.75. The van der Waals surface area contributed by atoms with Crippen molar-refractivity contribution in [2.24, 2.45) is 5.92 Å². The number of ether oxygens (including phenoxy) is 1. The van der Waals surface area contributed by atoms with Gasteiger partial charge in [0.05, 0.1) is 7.11 Å². The van der Waals surface area contributed by atoms with Gasteiger partial charge in [-0.15, -0.1) is 0 Å². The van der Waals surface area contributed by atoms with Crippen LogP contribution in [-0.2, 0) is 9.53 Å². The van der Waals surface area contributed by atoms with Crippen molar-refractivity contribution in [3.63, 3.8) is 0 Å². The van der Waals surface area contributed by atoms with Gasteiger partial charge in [0, 0.05) is 6.54 Å². The summed E-state index contributed by atoms with van der Waals surface area (Å²) in [7, 11) is 1.48. The van der Waals surface area contributed by atoms with Gasteiger partial charge < -0.3 is 4.74 Å². The first-order valence-electron chi connectivity index (χ1n) is 5.13. The van der Waals surface area contributed by atoms with E-state index >= 15 is 0 Å². The van der Waals surface area contributed by atoms with E-state index in [1.54, 1.807) is 0 Å². The second kappa shape index (κ2) is 3.66. The third-order valence-corrected chi connectivity index (χ3v) is 3.03. The molecule has 0 amide bonds. The second-order valence-corrected chi connectivity index (χ2v) is 4.12. The van der Waals surface area contributed by atoms with Crippen LogP contribution in [0.25, 0.3) is 0 Å². The Kier molecular flexibility index (Phi) is 2.54. The minimum atomic E-state index is -0.0434. The molecule has 1 saturated carbocycles. The predicted molar refractivity (Wildman–Crippen MR) is 49.3 cm³/mol. The zero-order valence-corrected chi connectivity index (χ0v) is 8.16. The van der Waals surface area contributed by atoms with Crippen molar-refractivity contribution in [1.82, 2.24) is 4.90 Å². The van der Waals surface area contributed by atoms with Crippen molar-refractivity contribution >= 4 is 5.97 Å². The minimum absolute atomic E-state index is 0.0434. The van der Waals surface area contributed by atoms with E-state index in [2.05, 4.69) is 4.90 Å². The minimum Gasteiger partial charge on any atom is -0.468 e. The highest BCUT2D eigenvalue weighted by Gasteiger charge is 2.35. The molecule has 1 aliphatic carbocycles. The summed E-state index contributed by atoms with van der Waals surface area (Å²) in [4.78, 5) is 13.7. The van der Waals surface area contributed by atoms with Crippen molar-refractivity contribution in [2.75, 3.05) is 20.2 Å². The van der Waals surface area contributed by atoms with Crippen LogP contribution in [0.2, 0.25) is 0 Å². The van der Waals surface area contributed by atoms with Crippen LogP contribution in [0.15, 0.2) is 0 Å². The van der Waals surface area contributed by atoms with Gasteiger partial charge in [0.15, 0.2) is 0 Å². The third kappa shape index (κ3) is 2.02. The van der Waals surface area contributed by atoms with Gasteiger partial charge in [0.1, 0.15) is 6.04 Å². The molecular formula is C10H17NO2. The normalized spacial score (nSPS) is 29.2. The fourth-order valence-corrected chi connectivity index (χ4v) is 2.08. The Bertz CT molecular complexity index is 201. The zero-order chi connectivity index (χ0) is 9.26. The highest BCUT2D eigenvalue weighted by atomic mass is 16.5. The molecule has 1 saturated heterocycles. The lowest BCUT2D eigenvalue weighted by atomic mass is 10.2. The first kappa shape index (κ1) is 9.00. The van der Waals surface area contributed by atoms with Gasteiger partial charge in [-0.25, -0.2) is 0 Å². The fraction of sp³-hybridized carbons (Fsp3) is 0.900. The smallest absolute Gasteiger partial charge is 0.323 e. The van der Waals surface area contributed by atoms with E-state index in [0.717, 1.165) is 31.8 Å². The van der Waals surface area contributed by atoms with Crippen molar-refractivity contribution in [3.8, 4) is 0 Å². The van der Waals surface area contributed by atoms with Crippen molar-refractivity contribution in [3.05, 3.63) is 0 Å². The maximum Gasteiger partial charge on any atom is 0.323 e. The lowest BCUT2D eigenvalue weighted by Crippen LogP contribution is -2.38. The van der Waals surface area contributed by atoms with Crippen LogP contribution < -0.4 is 0 Å². The SMILES string of the molecule is COC(=O)C1CCCN1CC1CC1. The average Bonchev–Trinajstić information content (AvgIpc) is 2.82. The molecule has 1 atom stereocenters. The van der Waals surface area contributed by atoms with Gasteiger partial charge in [-0.3, -0.25) is 9.69 Å². The van der Waals surface area contributed by atoms with Gasteiger partial charge in [0.2, 0.25) is 0 Å². The van der Waals surface area contributed by atoms with Gasteiger partial charge >= 0.3 is 5.97 Å². The molecule has 74 valence electrons. The van der Waals surface area contributed by atoms with Crippen LogP contribution in [0.1, 0.15) is 25.7 Å². The van der Waals surface area contributed by atoms with E-state index in [1.165, 1.54) is 20.0 Å². The zero-order valence-electron chi connectivity index (χ0n) is 8.16. The lowest BCUT2D eigenvalue weighted by molar-refractivity contribution is -0.145. The van der Waals surface area contributed by atoms with Gasteiger partial charge in [0.25, 0.3) is 0 Å². The van der Waals surface area contributed by atoms with E-state index in [1.807, 2.05) is 0 Å². The Hall–Kier alpha value is -0.570. The number of hydrogen-bond donors (Lipinski definition) is 0. The number of hydrogen-bond acceptors (Lipinski definition) is 3. The van der Waals surface area contributed by atoms with Crippen LogP contribution in [0.5, 0.6) is 0 Å². The number of methoxy groups -OCH3 is 1. The fourth-order valence-electron chi connectivity index (χ4n) is 2.08. The second-order valence-electron chi connectivity index (χ2n) is 4.12. The highest BCUT2D eigenvalue weighted by Crippen LogP contribution is 2.32. The molecule has 2 aliphatic rings. The Morgan fingerprint density at radius 1 is 1.46 bits per heavy atom. The largest absolute Gasteiger partial charge is 0.468 e. The van der Waals surface area contributed by atoms with E-state index in [4.69, 9.17) is 4.74 Å². The van der Waals surface area contributed by atoms with Crippen LogP contribution in [0.4, 0.5) is 0 Å². The monoisotopic (exact) mass is 183 g/mol. The van der Waals surface area contributed by atoms with Gasteiger partial charge in [-0.1, -0.05) is 0 Å². The van der Waals surface area contributed by atoms with Crippen LogP contribution in [0.3, 0.4) is 0 Å². The van der Waals surface area contributed by atoms with E-state index < -0.39 is 0 Å². The first-order valence-corrected chi connectivity index (χ1v) is 5.13. The third-order valence-electron chi connectivity index (χ3n) is 3.03. The molecule has 0 aromatic heterocycles.